The molecule has 0 aliphatic carbocycles. The van der Waals surface area contributed by atoms with Crippen LogP contribution in [0, 0.1) is 6.92 Å². The standard InChI is InChI=1S/C14H22N2S/c1-13-4-2-5-14(12-13)15-6-8-16-7-3-10-17-11-9-16/h2,4-5,12,15H,3,6-11H2,1H3. The van der Waals surface area contributed by atoms with E-state index >= 15 is 0 Å². The average molecular weight is 250 g/mol. The highest BCUT2D eigenvalue weighted by atomic mass is 32.2. The fourth-order valence-electron chi connectivity index (χ4n) is 2.13. The second-order valence-corrected chi connectivity index (χ2v) is 5.83. The molecular weight excluding hydrogens is 228 g/mol. The van der Waals surface area contributed by atoms with E-state index in [4.69, 9.17) is 0 Å². The zero-order chi connectivity index (χ0) is 11.9. The lowest BCUT2D eigenvalue weighted by molar-refractivity contribution is 0.307. The summed E-state index contributed by atoms with van der Waals surface area (Å²) >= 11 is 2.09. The van der Waals surface area contributed by atoms with E-state index in [0.29, 0.717) is 0 Å². The molecule has 0 atom stereocenters. The normalized spacial score (nSPS) is 17.7. The van der Waals surface area contributed by atoms with Crippen LogP contribution in [0.15, 0.2) is 24.3 Å². The van der Waals surface area contributed by atoms with Gasteiger partial charge in [-0.05, 0) is 43.3 Å². The van der Waals surface area contributed by atoms with Crippen molar-refractivity contribution in [1.29, 1.82) is 0 Å². The molecule has 0 saturated carbocycles. The van der Waals surface area contributed by atoms with E-state index in [0.717, 1.165) is 13.1 Å². The Kier molecular flexibility index (Phi) is 5.20. The van der Waals surface area contributed by atoms with Crippen molar-refractivity contribution in [3.8, 4) is 0 Å². The van der Waals surface area contributed by atoms with E-state index in [1.165, 1.54) is 42.3 Å². The van der Waals surface area contributed by atoms with Crippen LogP contribution in [-0.2, 0) is 0 Å². The highest BCUT2D eigenvalue weighted by Gasteiger charge is 2.07. The van der Waals surface area contributed by atoms with Crippen LogP contribution >= 0.6 is 11.8 Å². The molecule has 94 valence electrons. The van der Waals surface area contributed by atoms with E-state index in [9.17, 15) is 0 Å². The molecule has 1 aliphatic rings. The fourth-order valence-corrected chi connectivity index (χ4v) is 3.06. The molecule has 2 rings (SSSR count). The molecule has 0 bridgehead atoms. The molecule has 1 fully saturated rings. The summed E-state index contributed by atoms with van der Waals surface area (Å²) in [6, 6.07) is 8.60. The van der Waals surface area contributed by atoms with Crippen molar-refractivity contribution in [3.05, 3.63) is 29.8 Å². The van der Waals surface area contributed by atoms with Gasteiger partial charge in [0.2, 0.25) is 0 Å². The number of anilines is 1. The highest BCUT2D eigenvalue weighted by Crippen LogP contribution is 2.11. The molecule has 1 saturated heterocycles. The van der Waals surface area contributed by atoms with Crippen molar-refractivity contribution in [1.82, 2.24) is 4.90 Å². The van der Waals surface area contributed by atoms with Gasteiger partial charge in [-0.1, -0.05) is 12.1 Å². The van der Waals surface area contributed by atoms with Crippen LogP contribution in [0.25, 0.3) is 0 Å². The van der Waals surface area contributed by atoms with Gasteiger partial charge in [-0.25, -0.2) is 0 Å². The van der Waals surface area contributed by atoms with Gasteiger partial charge in [-0.3, -0.25) is 0 Å². The Morgan fingerprint density at radius 1 is 1.29 bits per heavy atom. The molecule has 0 radical (unpaired) electrons. The van der Waals surface area contributed by atoms with Crippen LogP contribution in [0.4, 0.5) is 5.69 Å². The van der Waals surface area contributed by atoms with Gasteiger partial charge in [-0.15, -0.1) is 0 Å². The van der Waals surface area contributed by atoms with E-state index < -0.39 is 0 Å². The summed E-state index contributed by atoms with van der Waals surface area (Å²) in [7, 11) is 0. The topological polar surface area (TPSA) is 15.3 Å². The number of thioether (sulfide) groups is 1. The summed E-state index contributed by atoms with van der Waals surface area (Å²) in [6.45, 7) is 6.86. The van der Waals surface area contributed by atoms with Gasteiger partial charge in [0.15, 0.2) is 0 Å². The zero-order valence-corrected chi connectivity index (χ0v) is 11.4. The summed E-state index contributed by atoms with van der Waals surface area (Å²) in [5, 5.41) is 3.50. The van der Waals surface area contributed by atoms with Crippen molar-refractivity contribution in [2.75, 3.05) is 43.0 Å². The molecule has 1 aromatic carbocycles. The Morgan fingerprint density at radius 2 is 2.24 bits per heavy atom. The van der Waals surface area contributed by atoms with Crippen LogP contribution < -0.4 is 5.32 Å². The minimum Gasteiger partial charge on any atom is -0.384 e. The molecule has 1 aromatic rings. The van der Waals surface area contributed by atoms with Gasteiger partial charge in [0.1, 0.15) is 0 Å². The van der Waals surface area contributed by atoms with Crippen LogP contribution in [0.1, 0.15) is 12.0 Å². The number of nitrogens with one attached hydrogen (secondary N) is 1. The Labute approximate surface area is 109 Å². The first-order chi connectivity index (χ1) is 8.34. The molecule has 1 heterocycles. The van der Waals surface area contributed by atoms with Gasteiger partial charge < -0.3 is 10.2 Å². The maximum absolute atomic E-state index is 3.50. The quantitative estimate of drug-likeness (QED) is 0.884. The third-order valence-electron chi connectivity index (χ3n) is 3.09. The van der Waals surface area contributed by atoms with Gasteiger partial charge in [-0.2, -0.15) is 11.8 Å². The average Bonchev–Trinajstić information content (AvgIpc) is 2.58. The van der Waals surface area contributed by atoms with Gasteiger partial charge in [0, 0.05) is 31.1 Å². The van der Waals surface area contributed by atoms with E-state index in [-0.39, 0.29) is 0 Å². The molecule has 0 spiro atoms. The summed E-state index contributed by atoms with van der Waals surface area (Å²) in [5.74, 6) is 2.63. The number of benzene rings is 1. The van der Waals surface area contributed by atoms with Crippen LogP contribution in [0.3, 0.4) is 0 Å². The number of hydrogen-bond acceptors (Lipinski definition) is 3. The largest absolute Gasteiger partial charge is 0.384 e. The van der Waals surface area contributed by atoms with Crippen molar-refractivity contribution in [3.63, 3.8) is 0 Å². The summed E-state index contributed by atoms with van der Waals surface area (Å²) < 4.78 is 0. The molecule has 17 heavy (non-hydrogen) atoms. The lowest BCUT2D eigenvalue weighted by Gasteiger charge is -2.19. The fraction of sp³-hybridized carbons (Fsp3) is 0.571. The summed E-state index contributed by atoms with van der Waals surface area (Å²) in [5.41, 5.74) is 2.57. The minimum absolute atomic E-state index is 1.05. The monoisotopic (exact) mass is 250 g/mol. The van der Waals surface area contributed by atoms with Gasteiger partial charge in [0.25, 0.3) is 0 Å². The molecule has 0 unspecified atom stereocenters. The third kappa shape index (κ3) is 4.60. The first-order valence-electron chi connectivity index (χ1n) is 6.45. The summed E-state index contributed by atoms with van der Waals surface area (Å²) in [6.07, 6.45) is 1.34. The number of nitrogens with zero attached hydrogens (tertiary/aromatic N) is 1. The summed E-state index contributed by atoms with van der Waals surface area (Å²) in [4.78, 5) is 2.57. The van der Waals surface area contributed by atoms with Crippen LogP contribution in [0.5, 0.6) is 0 Å². The SMILES string of the molecule is Cc1cccc(NCCN2CCCSCC2)c1. The molecule has 3 heteroatoms. The Hall–Kier alpha value is -0.670. The molecule has 0 amide bonds. The second kappa shape index (κ2) is 6.92. The van der Waals surface area contributed by atoms with Crippen LogP contribution in [-0.4, -0.2) is 42.6 Å². The van der Waals surface area contributed by atoms with E-state index in [2.05, 4.69) is 53.2 Å². The zero-order valence-electron chi connectivity index (χ0n) is 10.6. The van der Waals surface area contributed by atoms with Crippen molar-refractivity contribution >= 4 is 17.4 Å². The smallest absolute Gasteiger partial charge is 0.0343 e. The lowest BCUT2D eigenvalue weighted by atomic mass is 10.2. The van der Waals surface area contributed by atoms with Gasteiger partial charge in [0.05, 0.1) is 0 Å². The van der Waals surface area contributed by atoms with Crippen molar-refractivity contribution < 1.29 is 0 Å². The Bertz CT molecular complexity index is 333. The Morgan fingerprint density at radius 3 is 3.12 bits per heavy atom. The second-order valence-electron chi connectivity index (χ2n) is 4.60. The van der Waals surface area contributed by atoms with E-state index in [1.807, 2.05) is 0 Å². The first-order valence-corrected chi connectivity index (χ1v) is 7.61. The Balaban J connectivity index is 1.71. The maximum atomic E-state index is 3.50. The molecule has 1 N–H and O–H groups in total. The number of aryl methyl sites for hydroxylation is 1. The maximum Gasteiger partial charge on any atom is 0.0343 e. The van der Waals surface area contributed by atoms with E-state index in [1.54, 1.807) is 0 Å². The molecule has 1 aliphatic heterocycles. The lowest BCUT2D eigenvalue weighted by Crippen LogP contribution is -2.31. The first kappa shape index (κ1) is 12.8. The number of rotatable bonds is 4. The molecule has 0 aromatic heterocycles. The molecule has 2 nitrogen and oxygen atoms in total. The predicted octanol–water partition coefficient (Wildman–Crippen LogP) is 2.85. The van der Waals surface area contributed by atoms with Crippen molar-refractivity contribution in [2.45, 2.75) is 13.3 Å². The van der Waals surface area contributed by atoms with Crippen LogP contribution in [0.2, 0.25) is 0 Å². The predicted molar refractivity (Wildman–Crippen MR) is 78.1 cm³/mol. The highest BCUT2D eigenvalue weighted by molar-refractivity contribution is 7.99. The molecular formula is C14H22N2S. The third-order valence-corrected chi connectivity index (χ3v) is 4.14. The van der Waals surface area contributed by atoms with Gasteiger partial charge >= 0.3 is 0 Å². The minimum atomic E-state index is 1.05. The van der Waals surface area contributed by atoms with Crippen molar-refractivity contribution in [2.24, 2.45) is 0 Å². The number of hydrogen-bond donors (Lipinski definition) is 1.